The topological polar surface area (TPSA) is 94.5 Å². The third-order valence-electron chi connectivity index (χ3n) is 6.03. The molecule has 1 aliphatic rings. The zero-order chi connectivity index (χ0) is 23.8. The van der Waals surface area contributed by atoms with E-state index in [-0.39, 0.29) is 22.5 Å². The SMILES string of the molecule is O=C(CO)N1CCN(c2ccc(-c3nn(-c4c(F)cccc4F)c4cc[nH]c(=O)c34)cc2)CC1. The van der Waals surface area contributed by atoms with Crippen LogP contribution in [0.4, 0.5) is 14.5 Å². The minimum atomic E-state index is -0.787. The van der Waals surface area contributed by atoms with Crippen molar-refractivity contribution in [2.75, 3.05) is 37.7 Å². The maximum Gasteiger partial charge on any atom is 0.259 e. The number of rotatable bonds is 4. The number of aliphatic hydroxyl groups is 1. The highest BCUT2D eigenvalue weighted by atomic mass is 19.1. The summed E-state index contributed by atoms with van der Waals surface area (Å²) in [6.45, 7) is 1.77. The Morgan fingerprint density at radius 3 is 2.32 bits per heavy atom. The summed E-state index contributed by atoms with van der Waals surface area (Å²) in [5.74, 6) is -1.86. The summed E-state index contributed by atoms with van der Waals surface area (Å²) in [6.07, 6.45) is 1.41. The van der Waals surface area contributed by atoms with Crippen LogP contribution in [0.1, 0.15) is 0 Å². The van der Waals surface area contributed by atoms with Gasteiger partial charge in [0.15, 0.2) is 11.6 Å². The highest BCUT2D eigenvalue weighted by molar-refractivity contribution is 5.93. The first-order chi connectivity index (χ1) is 16.5. The van der Waals surface area contributed by atoms with Crippen molar-refractivity contribution in [3.63, 3.8) is 0 Å². The van der Waals surface area contributed by atoms with E-state index in [0.717, 1.165) is 22.5 Å². The van der Waals surface area contributed by atoms with Gasteiger partial charge in [-0.25, -0.2) is 13.5 Å². The maximum atomic E-state index is 14.5. The number of carbonyl (C=O) groups excluding carboxylic acids is 1. The second-order valence-electron chi connectivity index (χ2n) is 7.97. The van der Waals surface area contributed by atoms with Gasteiger partial charge in [-0.2, -0.15) is 5.10 Å². The fourth-order valence-corrected chi connectivity index (χ4v) is 4.29. The van der Waals surface area contributed by atoms with Gasteiger partial charge in [0.25, 0.3) is 5.56 Å². The Kier molecular flexibility index (Phi) is 5.58. The van der Waals surface area contributed by atoms with Gasteiger partial charge in [0.05, 0.1) is 10.9 Å². The number of hydrogen-bond donors (Lipinski definition) is 2. The van der Waals surface area contributed by atoms with E-state index in [1.165, 1.54) is 12.3 Å². The van der Waals surface area contributed by atoms with Crippen molar-refractivity contribution in [2.45, 2.75) is 0 Å². The van der Waals surface area contributed by atoms with Crippen LogP contribution in [0.5, 0.6) is 0 Å². The number of benzene rings is 2. The van der Waals surface area contributed by atoms with Crippen molar-refractivity contribution in [2.24, 2.45) is 0 Å². The lowest BCUT2D eigenvalue weighted by Crippen LogP contribution is -2.49. The standard InChI is InChI=1S/C24H21F2N5O3/c25-17-2-1-3-18(26)23(17)31-19-8-9-27-24(34)21(19)22(28-31)15-4-6-16(7-5-15)29-10-12-30(13-11-29)20(33)14-32/h1-9,32H,10-14H2,(H,27,34). The number of halogens is 2. The maximum absolute atomic E-state index is 14.5. The molecule has 4 aromatic rings. The fraction of sp³-hybridized carbons (Fsp3) is 0.208. The number of aliphatic hydroxyl groups excluding tert-OH is 1. The number of para-hydroxylation sites is 1. The first-order valence-corrected chi connectivity index (χ1v) is 10.8. The van der Waals surface area contributed by atoms with Gasteiger partial charge >= 0.3 is 0 Å². The van der Waals surface area contributed by atoms with Crippen LogP contribution >= 0.6 is 0 Å². The molecule has 0 spiro atoms. The van der Waals surface area contributed by atoms with E-state index >= 15 is 0 Å². The number of hydrogen-bond acceptors (Lipinski definition) is 5. The molecule has 174 valence electrons. The normalized spacial score (nSPS) is 14.1. The zero-order valence-electron chi connectivity index (χ0n) is 18.0. The molecule has 34 heavy (non-hydrogen) atoms. The molecule has 1 saturated heterocycles. The van der Waals surface area contributed by atoms with E-state index in [4.69, 9.17) is 5.11 Å². The van der Waals surface area contributed by atoms with Crippen LogP contribution in [0.2, 0.25) is 0 Å². The molecule has 2 aromatic heterocycles. The summed E-state index contributed by atoms with van der Waals surface area (Å²) < 4.78 is 30.1. The molecule has 1 fully saturated rings. The first-order valence-electron chi connectivity index (χ1n) is 10.8. The molecule has 10 heteroatoms. The smallest absolute Gasteiger partial charge is 0.259 e. The van der Waals surface area contributed by atoms with Crippen LogP contribution in [0.15, 0.2) is 59.5 Å². The molecule has 2 aromatic carbocycles. The number of piperazine rings is 1. The molecule has 1 aliphatic heterocycles. The number of pyridine rings is 1. The summed E-state index contributed by atoms with van der Waals surface area (Å²) in [5.41, 5.74) is 1.38. The van der Waals surface area contributed by atoms with Gasteiger partial charge in [-0.15, -0.1) is 0 Å². The molecule has 0 saturated carbocycles. The lowest BCUT2D eigenvalue weighted by molar-refractivity contribution is -0.134. The molecule has 0 atom stereocenters. The quantitative estimate of drug-likeness (QED) is 0.483. The Labute approximate surface area is 192 Å². The van der Waals surface area contributed by atoms with Gasteiger partial charge in [-0.05, 0) is 30.3 Å². The number of carbonyl (C=O) groups is 1. The average Bonchev–Trinajstić information content (AvgIpc) is 3.24. The van der Waals surface area contributed by atoms with Crippen LogP contribution in [0.3, 0.4) is 0 Å². The monoisotopic (exact) mass is 465 g/mol. The van der Waals surface area contributed by atoms with E-state index in [2.05, 4.69) is 15.0 Å². The summed E-state index contributed by atoms with van der Waals surface area (Å²) in [7, 11) is 0. The Morgan fingerprint density at radius 2 is 1.68 bits per heavy atom. The molecule has 1 amide bonds. The lowest BCUT2D eigenvalue weighted by atomic mass is 10.1. The van der Waals surface area contributed by atoms with Crippen molar-refractivity contribution in [1.29, 1.82) is 0 Å². The number of fused-ring (bicyclic) bond motifs is 1. The second-order valence-corrected chi connectivity index (χ2v) is 7.97. The van der Waals surface area contributed by atoms with Gasteiger partial charge in [0.2, 0.25) is 5.91 Å². The van der Waals surface area contributed by atoms with Gasteiger partial charge < -0.3 is 19.9 Å². The molecule has 5 rings (SSSR count). The number of nitrogens with one attached hydrogen (secondary N) is 1. The third-order valence-corrected chi connectivity index (χ3v) is 6.03. The number of aromatic nitrogens is 3. The Balaban J connectivity index is 1.51. The summed E-state index contributed by atoms with van der Waals surface area (Å²) >= 11 is 0. The van der Waals surface area contributed by atoms with Gasteiger partial charge in [-0.1, -0.05) is 18.2 Å². The molecule has 0 aliphatic carbocycles. The largest absolute Gasteiger partial charge is 0.387 e. The third kappa shape index (κ3) is 3.71. The molecule has 0 unspecified atom stereocenters. The number of aromatic amines is 1. The first kappa shape index (κ1) is 21.8. The van der Waals surface area contributed by atoms with Crippen molar-refractivity contribution in [1.82, 2.24) is 19.7 Å². The highest BCUT2D eigenvalue weighted by Gasteiger charge is 2.22. The van der Waals surface area contributed by atoms with E-state index in [1.54, 1.807) is 23.1 Å². The van der Waals surface area contributed by atoms with E-state index in [0.29, 0.717) is 37.4 Å². The zero-order valence-corrected chi connectivity index (χ0v) is 18.0. The molecular weight excluding hydrogens is 444 g/mol. The van der Waals surface area contributed by atoms with Crippen molar-refractivity contribution >= 4 is 22.5 Å². The van der Waals surface area contributed by atoms with Crippen LogP contribution in [-0.2, 0) is 4.79 Å². The average molecular weight is 465 g/mol. The molecule has 0 bridgehead atoms. The molecule has 8 nitrogen and oxygen atoms in total. The minimum absolute atomic E-state index is 0.231. The lowest BCUT2D eigenvalue weighted by Gasteiger charge is -2.35. The van der Waals surface area contributed by atoms with Crippen LogP contribution in [-0.4, -0.2) is 63.5 Å². The van der Waals surface area contributed by atoms with Crippen molar-refractivity contribution in [3.8, 4) is 16.9 Å². The van der Waals surface area contributed by atoms with E-state index < -0.39 is 23.8 Å². The Bertz CT molecular complexity index is 1400. The Hall–Kier alpha value is -4.05. The van der Waals surface area contributed by atoms with Gasteiger partial charge in [-0.3, -0.25) is 9.59 Å². The molecule has 0 radical (unpaired) electrons. The van der Waals surface area contributed by atoms with Crippen LogP contribution in [0.25, 0.3) is 27.8 Å². The number of amides is 1. The van der Waals surface area contributed by atoms with Crippen molar-refractivity contribution in [3.05, 3.63) is 76.7 Å². The van der Waals surface area contributed by atoms with Crippen LogP contribution in [0, 0.1) is 11.6 Å². The molecular formula is C24H21F2N5O3. The summed E-state index contributed by atoms with van der Waals surface area (Å²) in [4.78, 5) is 30.7. The predicted octanol–water partition coefficient (Wildman–Crippen LogP) is 2.30. The van der Waals surface area contributed by atoms with Crippen molar-refractivity contribution < 1.29 is 18.7 Å². The summed E-state index contributed by atoms with van der Waals surface area (Å²) in [6, 6.07) is 12.5. The molecule has 3 heterocycles. The minimum Gasteiger partial charge on any atom is -0.387 e. The Morgan fingerprint density at radius 1 is 1.00 bits per heavy atom. The van der Waals surface area contributed by atoms with E-state index in [1.807, 2.05) is 12.1 Å². The number of anilines is 1. The fourth-order valence-electron chi connectivity index (χ4n) is 4.29. The highest BCUT2D eigenvalue weighted by Crippen LogP contribution is 2.30. The van der Waals surface area contributed by atoms with E-state index in [9.17, 15) is 18.4 Å². The number of H-pyrrole nitrogens is 1. The molecule has 2 N–H and O–H groups in total. The van der Waals surface area contributed by atoms with Gasteiger partial charge in [0.1, 0.15) is 18.0 Å². The van der Waals surface area contributed by atoms with Crippen LogP contribution < -0.4 is 10.5 Å². The number of nitrogens with zero attached hydrogens (tertiary/aromatic N) is 4. The summed E-state index contributed by atoms with van der Waals surface area (Å²) in [5, 5.41) is 13.7. The second kappa shape index (κ2) is 8.71. The van der Waals surface area contributed by atoms with Gasteiger partial charge in [0, 0.05) is 43.6 Å². The predicted molar refractivity (Wildman–Crippen MR) is 123 cm³/mol.